The number of carbonyl (C=O) groups excluding carboxylic acids is 1. The van der Waals surface area contributed by atoms with E-state index in [0.29, 0.717) is 22.3 Å². The van der Waals surface area contributed by atoms with Crippen molar-refractivity contribution in [2.24, 2.45) is 5.73 Å². The van der Waals surface area contributed by atoms with Crippen LogP contribution >= 0.6 is 0 Å². The number of amides is 2. The third kappa shape index (κ3) is 2.36. The summed E-state index contributed by atoms with van der Waals surface area (Å²) in [6.07, 6.45) is 2.90. The van der Waals surface area contributed by atoms with Gasteiger partial charge in [-0.15, -0.1) is 10.2 Å². The molecule has 0 aliphatic rings. The van der Waals surface area contributed by atoms with E-state index in [2.05, 4.69) is 20.7 Å². The average Bonchev–Trinajstić information content (AvgIpc) is 3.02. The van der Waals surface area contributed by atoms with E-state index in [-0.39, 0.29) is 11.3 Å². The van der Waals surface area contributed by atoms with Crippen LogP contribution in [0.4, 0.5) is 9.18 Å². The number of carbonyl (C=O) groups is 1. The molecule has 0 aliphatic heterocycles. The molecule has 0 radical (unpaired) electrons. The maximum absolute atomic E-state index is 13.1. The molecule has 0 atom stereocenters. The largest absolute Gasteiger partial charge is 0.350 e. The van der Waals surface area contributed by atoms with Crippen LogP contribution in [0.15, 0.2) is 47.5 Å². The van der Waals surface area contributed by atoms with Gasteiger partial charge in [0, 0.05) is 11.8 Å². The van der Waals surface area contributed by atoms with E-state index in [1.165, 1.54) is 22.8 Å². The lowest BCUT2D eigenvalue weighted by Crippen LogP contribution is -2.36. The number of pyridine rings is 1. The molecule has 1 aromatic carbocycles. The Balaban J connectivity index is 1.94. The van der Waals surface area contributed by atoms with Gasteiger partial charge in [-0.3, -0.25) is 4.79 Å². The number of rotatable bonds is 2. The van der Waals surface area contributed by atoms with E-state index in [1.807, 2.05) is 0 Å². The maximum Gasteiger partial charge on any atom is 0.331 e. The minimum absolute atomic E-state index is 0.0116. The number of fused-ring (bicyclic) bond motifs is 3. The number of benzene rings is 1. The second-order valence-corrected chi connectivity index (χ2v) is 5.20. The predicted molar refractivity (Wildman–Crippen MR) is 86.9 cm³/mol. The smallest absolute Gasteiger partial charge is 0.331 e. The molecular weight excluding hydrogens is 329 g/mol. The second-order valence-electron chi connectivity index (χ2n) is 5.20. The van der Waals surface area contributed by atoms with Crippen molar-refractivity contribution < 1.29 is 9.18 Å². The molecule has 0 aliphatic carbocycles. The number of nitrogens with one attached hydrogen (secondary N) is 1. The molecule has 124 valence electrons. The van der Waals surface area contributed by atoms with Crippen molar-refractivity contribution in [1.82, 2.24) is 24.5 Å². The van der Waals surface area contributed by atoms with Gasteiger partial charge in [0.1, 0.15) is 11.3 Å². The highest BCUT2D eigenvalue weighted by Gasteiger charge is 2.14. The molecule has 0 saturated heterocycles. The maximum atomic E-state index is 13.1. The molecule has 3 heterocycles. The summed E-state index contributed by atoms with van der Waals surface area (Å²) < 4.78 is 15.5. The Morgan fingerprint density at radius 3 is 2.64 bits per heavy atom. The average molecular weight is 339 g/mol. The summed E-state index contributed by atoms with van der Waals surface area (Å²) >= 11 is 0. The minimum atomic E-state index is -0.881. The van der Waals surface area contributed by atoms with Crippen LogP contribution in [-0.4, -0.2) is 30.5 Å². The molecule has 4 aromatic rings. The first-order valence-corrected chi connectivity index (χ1v) is 7.13. The van der Waals surface area contributed by atoms with E-state index >= 15 is 0 Å². The molecule has 0 unspecified atom stereocenters. The van der Waals surface area contributed by atoms with Crippen molar-refractivity contribution in [3.8, 4) is 11.1 Å². The van der Waals surface area contributed by atoms with E-state index in [9.17, 15) is 14.0 Å². The Bertz CT molecular complexity index is 1180. The zero-order valence-electron chi connectivity index (χ0n) is 12.5. The Morgan fingerprint density at radius 1 is 1.16 bits per heavy atom. The zero-order valence-corrected chi connectivity index (χ0v) is 12.5. The third-order valence-electron chi connectivity index (χ3n) is 3.65. The molecule has 3 N–H and O–H groups in total. The highest BCUT2D eigenvalue weighted by atomic mass is 19.1. The van der Waals surface area contributed by atoms with Crippen LogP contribution in [0.1, 0.15) is 0 Å². The van der Waals surface area contributed by atoms with Crippen molar-refractivity contribution in [2.45, 2.75) is 0 Å². The number of hydrogen-bond acceptors (Lipinski definition) is 5. The molecular formula is C15H10FN7O2. The van der Waals surface area contributed by atoms with Gasteiger partial charge in [0.15, 0.2) is 11.2 Å². The van der Waals surface area contributed by atoms with Gasteiger partial charge in [0.2, 0.25) is 0 Å². The number of primary amides is 1. The number of hydrogen-bond donors (Lipinski definition) is 2. The Kier molecular flexibility index (Phi) is 3.17. The van der Waals surface area contributed by atoms with E-state index in [0.717, 1.165) is 4.68 Å². The van der Waals surface area contributed by atoms with Crippen molar-refractivity contribution in [3.63, 3.8) is 0 Å². The molecule has 9 nitrogen and oxygen atoms in total. The summed E-state index contributed by atoms with van der Waals surface area (Å²) in [5, 5.41) is 12.2. The molecule has 0 bridgehead atoms. The number of nitrogens with zero attached hydrogens (tertiary/aromatic N) is 5. The van der Waals surface area contributed by atoms with E-state index in [4.69, 9.17) is 5.73 Å². The fourth-order valence-corrected chi connectivity index (χ4v) is 2.53. The van der Waals surface area contributed by atoms with E-state index < -0.39 is 11.6 Å². The van der Waals surface area contributed by atoms with Crippen molar-refractivity contribution in [3.05, 3.63) is 58.9 Å². The molecule has 4 rings (SSSR count). The Labute approximate surface area is 138 Å². The molecule has 0 spiro atoms. The van der Waals surface area contributed by atoms with Gasteiger partial charge >= 0.3 is 6.03 Å². The van der Waals surface area contributed by atoms with Crippen LogP contribution in [0.25, 0.3) is 27.8 Å². The number of nitrogens with two attached hydrogens (primary N) is 1. The lowest BCUT2D eigenvalue weighted by Gasteiger charge is -2.06. The van der Waals surface area contributed by atoms with Crippen molar-refractivity contribution >= 4 is 22.7 Å². The van der Waals surface area contributed by atoms with Crippen LogP contribution in [0.5, 0.6) is 0 Å². The SMILES string of the molecule is NC(=O)Nn1ccc2c(nnc3c(-c4ccc(F)cc4)cnn32)c1=O. The third-order valence-corrected chi connectivity index (χ3v) is 3.65. The van der Waals surface area contributed by atoms with Crippen LogP contribution in [0.2, 0.25) is 0 Å². The first-order chi connectivity index (χ1) is 12.0. The molecule has 3 aromatic heterocycles. The summed E-state index contributed by atoms with van der Waals surface area (Å²) in [6, 6.07) is 6.55. The fraction of sp³-hybridized carbons (Fsp3) is 0. The van der Waals surface area contributed by atoms with Crippen LogP contribution in [0.3, 0.4) is 0 Å². The summed E-state index contributed by atoms with van der Waals surface area (Å²) in [7, 11) is 0. The monoisotopic (exact) mass is 339 g/mol. The Hall–Kier alpha value is -3.82. The van der Waals surface area contributed by atoms with Crippen molar-refractivity contribution in [1.29, 1.82) is 0 Å². The van der Waals surface area contributed by atoms with Crippen molar-refractivity contribution in [2.75, 3.05) is 5.43 Å². The first kappa shape index (κ1) is 14.8. The summed E-state index contributed by atoms with van der Waals surface area (Å²) in [5.74, 6) is -0.348. The lowest BCUT2D eigenvalue weighted by atomic mass is 10.1. The van der Waals surface area contributed by atoms with Crippen LogP contribution < -0.4 is 16.7 Å². The van der Waals surface area contributed by atoms with Gasteiger partial charge in [-0.25, -0.2) is 23.8 Å². The van der Waals surface area contributed by atoms with Gasteiger partial charge < -0.3 is 5.73 Å². The molecule has 25 heavy (non-hydrogen) atoms. The molecule has 0 saturated carbocycles. The second kappa shape index (κ2) is 5.37. The number of halogens is 1. The lowest BCUT2D eigenvalue weighted by molar-refractivity contribution is 0.256. The predicted octanol–water partition coefficient (Wildman–Crippen LogP) is 0.867. The topological polar surface area (TPSA) is 120 Å². The number of urea groups is 1. The highest BCUT2D eigenvalue weighted by Crippen LogP contribution is 2.24. The first-order valence-electron chi connectivity index (χ1n) is 7.13. The van der Waals surface area contributed by atoms with Crippen LogP contribution in [0, 0.1) is 5.82 Å². The minimum Gasteiger partial charge on any atom is -0.350 e. The van der Waals surface area contributed by atoms with E-state index in [1.54, 1.807) is 24.4 Å². The molecule has 0 fully saturated rings. The number of aromatic nitrogens is 5. The summed E-state index contributed by atoms with van der Waals surface area (Å²) in [4.78, 5) is 23.3. The van der Waals surface area contributed by atoms with Gasteiger partial charge in [-0.1, -0.05) is 12.1 Å². The van der Waals surface area contributed by atoms with Gasteiger partial charge in [-0.2, -0.15) is 5.10 Å². The highest BCUT2D eigenvalue weighted by molar-refractivity contribution is 5.83. The fourth-order valence-electron chi connectivity index (χ4n) is 2.53. The quantitative estimate of drug-likeness (QED) is 0.561. The van der Waals surface area contributed by atoms with Gasteiger partial charge in [0.25, 0.3) is 5.56 Å². The summed E-state index contributed by atoms with van der Waals surface area (Å²) in [6.45, 7) is 0. The molecule has 10 heteroatoms. The normalized spacial score (nSPS) is 11.1. The standard InChI is InChI=1S/C15H10FN7O2/c16-9-3-1-8(2-4-9)10-7-18-23-11-5-6-22(21-15(17)25)14(24)12(11)19-20-13(10)23/h1-7H,(H3,17,21,25). The molecule has 2 amide bonds. The summed E-state index contributed by atoms with van der Waals surface area (Å²) in [5.41, 5.74) is 8.78. The van der Waals surface area contributed by atoms with Crippen LogP contribution in [-0.2, 0) is 0 Å². The van der Waals surface area contributed by atoms with Gasteiger partial charge in [-0.05, 0) is 23.8 Å². The zero-order chi connectivity index (χ0) is 17.6. The Morgan fingerprint density at radius 2 is 1.92 bits per heavy atom. The van der Waals surface area contributed by atoms with Gasteiger partial charge in [0.05, 0.1) is 6.20 Å².